The lowest BCUT2D eigenvalue weighted by atomic mass is 9.98. The molecule has 0 fully saturated rings. The molecular weight excluding hydrogens is 392 g/mol. The molecule has 3 aromatic carbocycles. The highest BCUT2D eigenvalue weighted by molar-refractivity contribution is 5.83. The van der Waals surface area contributed by atoms with Crippen molar-refractivity contribution in [2.24, 2.45) is 0 Å². The number of carbonyl (C=O) groups excluding carboxylic acids is 2. The van der Waals surface area contributed by atoms with Crippen molar-refractivity contribution in [3.05, 3.63) is 89.5 Å². The van der Waals surface area contributed by atoms with Crippen LogP contribution in [0.15, 0.2) is 72.8 Å². The van der Waals surface area contributed by atoms with Gasteiger partial charge in [0.2, 0.25) is 0 Å². The number of esters is 1. The molecule has 3 aromatic rings. The normalized spacial score (nSPS) is 13.1. The number of anilines is 1. The van der Waals surface area contributed by atoms with E-state index in [0.717, 1.165) is 22.3 Å². The molecule has 0 heterocycles. The van der Waals surface area contributed by atoms with E-state index in [-0.39, 0.29) is 19.1 Å². The first-order chi connectivity index (χ1) is 15.1. The van der Waals surface area contributed by atoms with E-state index < -0.39 is 18.1 Å². The van der Waals surface area contributed by atoms with Crippen molar-refractivity contribution in [1.82, 2.24) is 5.32 Å². The van der Waals surface area contributed by atoms with Gasteiger partial charge in [-0.2, -0.15) is 0 Å². The van der Waals surface area contributed by atoms with E-state index in [2.05, 4.69) is 29.6 Å². The van der Waals surface area contributed by atoms with Gasteiger partial charge in [0.05, 0.1) is 6.61 Å². The molecule has 0 aliphatic heterocycles. The SMILES string of the molecule is CCOC(=O)C(NC(=O)OCC1c2ccccc2-c2ccccc21)c1ccc(N)cc1. The van der Waals surface area contributed by atoms with Gasteiger partial charge >= 0.3 is 12.1 Å². The summed E-state index contributed by atoms with van der Waals surface area (Å²) in [4.78, 5) is 25.0. The van der Waals surface area contributed by atoms with E-state index in [1.165, 1.54) is 0 Å². The highest BCUT2D eigenvalue weighted by Crippen LogP contribution is 2.44. The van der Waals surface area contributed by atoms with Crippen LogP contribution in [0.3, 0.4) is 0 Å². The molecule has 3 N–H and O–H groups in total. The molecule has 1 unspecified atom stereocenters. The first kappa shape index (κ1) is 20.5. The Kier molecular flexibility index (Phi) is 5.89. The molecule has 4 rings (SSSR count). The van der Waals surface area contributed by atoms with Gasteiger partial charge in [0.15, 0.2) is 6.04 Å². The van der Waals surface area contributed by atoms with E-state index in [0.29, 0.717) is 11.3 Å². The van der Waals surface area contributed by atoms with Crippen LogP contribution in [0.4, 0.5) is 10.5 Å². The number of nitrogens with one attached hydrogen (secondary N) is 1. The third-order valence-electron chi connectivity index (χ3n) is 5.40. The maximum absolute atomic E-state index is 12.6. The summed E-state index contributed by atoms with van der Waals surface area (Å²) in [6.45, 7) is 2.08. The van der Waals surface area contributed by atoms with Crippen molar-refractivity contribution in [2.45, 2.75) is 18.9 Å². The van der Waals surface area contributed by atoms with Crippen LogP contribution in [0.5, 0.6) is 0 Å². The van der Waals surface area contributed by atoms with Crippen LogP contribution in [0.1, 0.15) is 35.6 Å². The molecule has 6 nitrogen and oxygen atoms in total. The summed E-state index contributed by atoms with van der Waals surface area (Å²) < 4.78 is 10.7. The van der Waals surface area contributed by atoms with Crippen molar-refractivity contribution < 1.29 is 19.1 Å². The van der Waals surface area contributed by atoms with Crippen molar-refractivity contribution in [2.75, 3.05) is 18.9 Å². The van der Waals surface area contributed by atoms with E-state index in [1.807, 2.05) is 24.3 Å². The molecule has 0 radical (unpaired) electrons. The summed E-state index contributed by atoms with van der Waals surface area (Å²) in [5.41, 5.74) is 11.4. The van der Waals surface area contributed by atoms with E-state index in [4.69, 9.17) is 15.2 Å². The second kappa shape index (κ2) is 8.92. The van der Waals surface area contributed by atoms with Crippen LogP contribution >= 0.6 is 0 Å². The molecule has 1 amide bonds. The summed E-state index contributed by atoms with van der Waals surface area (Å²) in [6.07, 6.45) is -0.684. The molecule has 0 saturated heterocycles. The van der Waals surface area contributed by atoms with Gasteiger partial charge in [-0.15, -0.1) is 0 Å². The predicted octanol–water partition coefficient (Wildman–Crippen LogP) is 4.41. The number of ether oxygens (including phenoxy) is 2. The maximum atomic E-state index is 12.6. The summed E-state index contributed by atoms with van der Waals surface area (Å²) in [7, 11) is 0. The highest BCUT2D eigenvalue weighted by Gasteiger charge is 2.30. The number of amides is 1. The van der Waals surface area contributed by atoms with Gasteiger partial charge in [-0.1, -0.05) is 60.7 Å². The molecule has 0 bridgehead atoms. The zero-order valence-electron chi connectivity index (χ0n) is 17.2. The molecule has 1 aliphatic carbocycles. The summed E-state index contributed by atoms with van der Waals surface area (Å²) in [6, 6.07) is 21.9. The second-order valence-electron chi connectivity index (χ2n) is 7.32. The third kappa shape index (κ3) is 4.23. The number of fused-ring (bicyclic) bond motifs is 3. The van der Waals surface area contributed by atoms with Crippen LogP contribution in [-0.4, -0.2) is 25.3 Å². The zero-order valence-corrected chi connectivity index (χ0v) is 17.2. The van der Waals surface area contributed by atoms with Gasteiger partial charge in [-0.25, -0.2) is 9.59 Å². The fourth-order valence-corrected chi connectivity index (χ4v) is 3.95. The molecule has 0 spiro atoms. The minimum atomic E-state index is -0.976. The maximum Gasteiger partial charge on any atom is 0.408 e. The number of alkyl carbamates (subject to hydrolysis) is 1. The average molecular weight is 416 g/mol. The number of rotatable bonds is 6. The molecule has 0 saturated carbocycles. The topological polar surface area (TPSA) is 90.6 Å². The lowest BCUT2D eigenvalue weighted by Crippen LogP contribution is -2.36. The Morgan fingerprint density at radius 3 is 2.06 bits per heavy atom. The molecule has 1 atom stereocenters. The monoisotopic (exact) mass is 416 g/mol. The Bertz CT molecular complexity index is 1050. The number of benzene rings is 3. The van der Waals surface area contributed by atoms with E-state index >= 15 is 0 Å². The molecule has 1 aliphatic rings. The largest absolute Gasteiger partial charge is 0.464 e. The Balaban J connectivity index is 1.49. The first-order valence-corrected chi connectivity index (χ1v) is 10.2. The van der Waals surface area contributed by atoms with Gasteiger partial charge in [0.25, 0.3) is 0 Å². The average Bonchev–Trinajstić information content (AvgIpc) is 3.11. The Morgan fingerprint density at radius 2 is 1.48 bits per heavy atom. The molecule has 158 valence electrons. The van der Waals surface area contributed by atoms with Crippen LogP contribution < -0.4 is 11.1 Å². The van der Waals surface area contributed by atoms with Gasteiger partial charge < -0.3 is 20.5 Å². The summed E-state index contributed by atoms with van der Waals surface area (Å²) in [5, 5.41) is 2.63. The van der Waals surface area contributed by atoms with Crippen LogP contribution in [0.2, 0.25) is 0 Å². The van der Waals surface area contributed by atoms with Crippen molar-refractivity contribution in [3.8, 4) is 11.1 Å². The van der Waals surface area contributed by atoms with Gasteiger partial charge in [0.1, 0.15) is 6.61 Å². The van der Waals surface area contributed by atoms with Crippen molar-refractivity contribution >= 4 is 17.7 Å². The molecular formula is C25H24N2O4. The van der Waals surface area contributed by atoms with Crippen molar-refractivity contribution in [3.63, 3.8) is 0 Å². The third-order valence-corrected chi connectivity index (χ3v) is 5.40. The highest BCUT2D eigenvalue weighted by atomic mass is 16.6. The number of nitrogen functional groups attached to an aromatic ring is 1. The molecule has 0 aromatic heterocycles. The lowest BCUT2D eigenvalue weighted by Gasteiger charge is -2.19. The number of hydrogen-bond donors (Lipinski definition) is 2. The summed E-state index contributed by atoms with van der Waals surface area (Å²) >= 11 is 0. The van der Waals surface area contributed by atoms with Crippen LogP contribution in [0, 0.1) is 0 Å². The zero-order chi connectivity index (χ0) is 21.8. The fraction of sp³-hybridized carbons (Fsp3) is 0.200. The number of hydrogen-bond acceptors (Lipinski definition) is 5. The standard InChI is InChI=1S/C25H24N2O4/c1-2-30-24(28)23(16-11-13-17(26)14-12-16)27-25(29)31-15-22-20-9-5-3-7-18(20)19-8-4-6-10-21(19)22/h3-14,22-23H,2,15,26H2,1H3,(H,27,29). The Labute approximate surface area is 181 Å². The van der Waals surface area contributed by atoms with Gasteiger partial charge in [-0.05, 0) is 46.9 Å². The van der Waals surface area contributed by atoms with Gasteiger partial charge in [-0.3, -0.25) is 0 Å². The minimum absolute atomic E-state index is 0.0595. The minimum Gasteiger partial charge on any atom is -0.464 e. The smallest absolute Gasteiger partial charge is 0.408 e. The first-order valence-electron chi connectivity index (χ1n) is 10.2. The van der Waals surface area contributed by atoms with Crippen molar-refractivity contribution in [1.29, 1.82) is 0 Å². The van der Waals surface area contributed by atoms with E-state index in [1.54, 1.807) is 31.2 Å². The Hall–Kier alpha value is -3.80. The predicted molar refractivity (Wildman–Crippen MR) is 118 cm³/mol. The number of carbonyl (C=O) groups is 2. The summed E-state index contributed by atoms with van der Waals surface area (Å²) in [5.74, 6) is -0.614. The Morgan fingerprint density at radius 1 is 0.903 bits per heavy atom. The quantitative estimate of drug-likeness (QED) is 0.459. The fourth-order valence-electron chi connectivity index (χ4n) is 3.95. The van der Waals surface area contributed by atoms with Crippen LogP contribution in [-0.2, 0) is 14.3 Å². The number of nitrogens with two attached hydrogens (primary N) is 1. The van der Waals surface area contributed by atoms with E-state index in [9.17, 15) is 9.59 Å². The second-order valence-corrected chi connectivity index (χ2v) is 7.32. The van der Waals surface area contributed by atoms with Gasteiger partial charge in [0, 0.05) is 11.6 Å². The van der Waals surface area contributed by atoms with Crippen LogP contribution in [0.25, 0.3) is 11.1 Å². The lowest BCUT2D eigenvalue weighted by molar-refractivity contribution is -0.145. The molecule has 6 heteroatoms. The molecule has 31 heavy (non-hydrogen) atoms.